The van der Waals surface area contributed by atoms with Gasteiger partial charge in [0, 0.05) is 13.1 Å². The van der Waals surface area contributed by atoms with Crippen molar-refractivity contribution in [1.82, 2.24) is 4.90 Å². The monoisotopic (exact) mass is 279 g/mol. The number of amides is 1. The smallest absolute Gasteiger partial charge is 0.225 e. The molecule has 0 N–H and O–H groups in total. The van der Waals surface area contributed by atoms with E-state index in [2.05, 4.69) is 27.4 Å². The van der Waals surface area contributed by atoms with Crippen molar-refractivity contribution in [1.29, 1.82) is 0 Å². The van der Waals surface area contributed by atoms with E-state index in [1.165, 1.54) is 0 Å². The quantitative estimate of drug-likeness (QED) is 0.739. The fraction of sp³-hybridized carbons (Fsp3) is 0.824. The van der Waals surface area contributed by atoms with Crippen molar-refractivity contribution < 1.29 is 9.53 Å². The van der Waals surface area contributed by atoms with Gasteiger partial charge in [-0.25, -0.2) is 0 Å². The van der Waals surface area contributed by atoms with Gasteiger partial charge in [-0.15, -0.1) is 6.58 Å². The predicted octanol–water partition coefficient (Wildman–Crippen LogP) is 3.25. The maximum absolute atomic E-state index is 12.4. The zero-order valence-corrected chi connectivity index (χ0v) is 13.8. The van der Waals surface area contributed by atoms with E-state index >= 15 is 0 Å². The summed E-state index contributed by atoms with van der Waals surface area (Å²) in [6.45, 7) is 18.5. The van der Waals surface area contributed by atoms with Crippen molar-refractivity contribution in [2.45, 2.75) is 59.7 Å². The standard InChI is InChI=1S/C17H29NO2/c1-8-12(20-15(2,3)4)9-14(19)18-10-13-16(5,6)17(13,7)11-18/h8,12-13H,1,9-11H2,2-7H3/t12-,13-,17?/m1/s1. The molecule has 0 spiro atoms. The molecule has 0 bridgehead atoms. The van der Waals surface area contributed by atoms with E-state index in [4.69, 9.17) is 4.74 Å². The molecule has 3 atom stereocenters. The summed E-state index contributed by atoms with van der Waals surface area (Å²) in [5.41, 5.74) is 0.459. The Kier molecular flexibility index (Phi) is 3.57. The largest absolute Gasteiger partial charge is 0.368 e. The third-order valence-electron chi connectivity index (χ3n) is 5.45. The van der Waals surface area contributed by atoms with Crippen molar-refractivity contribution in [3.63, 3.8) is 0 Å². The molecule has 3 heteroatoms. The van der Waals surface area contributed by atoms with Gasteiger partial charge in [-0.3, -0.25) is 4.79 Å². The highest BCUT2D eigenvalue weighted by Gasteiger charge is 2.71. The van der Waals surface area contributed by atoms with Crippen molar-refractivity contribution in [2.24, 2.45) is 16.7 Å². The van der Waals surface area contributed by atoms with Crippen molar-refractivity contribution in [3.8, 4) is 0 Å². The Bertz CT molecular complexity index is 421. The molecule has 1 saturated heterocycles. The first-order valence-electron chi connectivity index (χ1n) is 7.59. The van der Waals surface area contributed by atoms with E-state index in [1.807, 2.05) is 25.7 Å². The van der Waals surface area contributed by atoms with Gasteiger partial charge in [0.15, 0.2) is 0 Å². The fourth-order valence-electron chi connectivity index (χ4n) is 3.74. The number of rotatable bonds is 4. The van der Waals surface area contributed by atoms with Gasteiger partial charge in [0.1, 0.15) is 0 Å². The molecule has 0 aromatic carbocycles. The average molecular weight is 279 g/mol. The summed E-state index contributed by atoms with van der Waals surface area (Å²) in [5.74, 6) is 0.855. The predicted molar refractivity (Wildman–Crippen MR) is 81.4 cm³/mol. The van der Waals surface area contributed by atoms with Crippen LogP contribution in [0.2, 0.25) is 0 Å². The molecule has 1 aliphatic heterocycles. The van der Waals surface area contributed by atoms with Crippen LogP contribution in [0.5, 0.6) is 0 Å². The maximum atomic E-state index is 12.4. The van der Waals surface area contributed by atoms with Gasteiger partial charge < -0.3 is 9.64 Å². The van der Waals surface area contributed by atoms with E-state index in [-0.39, 0.29) is 17.6 Å². The van der Waals surface area contributed by atoms with Gasteiger partial charge in [0.05, 0.1) is 18.1 Å². The number of likely N-dealkylation sites (tertiary alicyclic amines) is 1. The number of nitrogens with zero attached hydrogens (tertiary/aromatic N) is 1. The van der Waals surface area contributed by atoms with Gasteiger partial charge in [-0.2, -0.15) is 0 Å². The van der Waals surface area contributed by atoms with Crippen LogP contribution in [0, 0.1) is 16.7 Å². The highest BCUT2D eigenvalue weighted by atomic mass is 16.5. The number of hydrogen-bond donors (Lipinski definition) is 0. The Labute approximate surface area is 123 Å². The Morgan fingerprint density at radius 2 is 2.05 bits per heavy atom. The van der Waals surface area contributed by atoms with E-state index in [1.54, 1.807) is 6.08 Å². The molecule has 1 unspecified atom stereocenters. The van der Waals surface area contributed by atoms with Crippen LogP contribution < -0.4 is 0 Å². The van der Waals surface area contributed by atoms with E-state index < -0.39 is 0 Å². The molecule has 1 heterocycles. The number of carbonyl (C=O) groups excluding carboxylic acids is 1. The second kappa shape index (κ2) is 4.59. The summed E-state index contributed by atoms with van der Waals surface area (Å²) in [5, 5.41) is 0. The number of piperidine rings is 1. The zero-order chi connectivity index (χ0) is 15.3. The van der Waals surface area contributed by atoms with Gasteiger partial charge in [0.2, 0.25) is 5.91 Å². The Morgan fingerprint density at radius 3 is 2.45 bits per heavy atom. The molecule has 1 aliphatic carbocycles. The van der Waals surface area contributed by atoms with Crippen LogP contribution in [-0.4, -0.2) is 35.6 Å². The molecule has 0 aromatic rings. The minimum atomic E-state index is -0.250. The third kappa shape index (κ3) is 2.52. The molecule has 2 aliphatic rings. The summed E-state index contributed by atoms with van der Waals surface area (Å²) in [6, 6.07) is 0. The molecular formula is C17H29NO2. The normalized spacial score (nSPS) is 32.7. The SMILES string of the molecule is C=C[C@H](CC(=O)N1C[C@@H]2C(C)(C)C2(C)C1)OC(C)(C)C. The lowest BCUT2D eigenvalue weighted by atomic mass is 9.97. The topological polar surface area (TPSA) is 29.5 Å². The average Bonchev–Trinajstić information content (AvgIpc) is 2.62. The van der Waals surface area contributed by atoms with Crippen molar-refractivity contribution in [3.05, 3.63) is 12.7 Å². The summed E-state index contributed by atoms with van der Waals surface area (Å²) in [4.78, 5) is 14.4. The molecule has 2 fully saturated rings. The highest BCUT2D eigenvalue weighted by molar-refractivity contribution is 5.77. The number of ether oxygens (including phenoxy) is 1. The van der Waals surface area contributed by atoms with E-state index in [0.717, 1.165) is 13.1 Å². The number of fused-ring (bicyclic) bond motifs is 1. The van der Waals surface area contributed by atoms with Crippen LogP contribution in [0.4, 0.5) is 0 Å². The molecule has 2 rings (SSSR count). The fourth-order valence-corrected chi connectivity index (χ4v) is 3.74. The van der Waals surface area contributed by atoms with Gasteiger partial charge in [-0.1, -0.05) is 26.8 Å². The lowest BCUT2D eigenvalue weighted by Crippen LogP contribution is -2.37. The summed E-state index contributed by atoms with van der Waals surface area (Å²) in [6.07, 6.45) is 1.95. The third-order valence-corrected chi connectivity index (χ3v) is 5.45. The first-order chi connectivity index (χ1) is 9.01. The minimum absolute atomic E-state index is 0.194. The van der Waals surface area contributed by atoms with Crippen LogP contribution >= 0.6 is 0 Å². The van der Waals surface area contributed by atoms with E-state index in [0.29, 0.717) is 23.2 Å². The number of hydrogen-bond acceptors (Lipinski definition) is 2. The molecule has 1 saturated carbocycles. The van der Waals surface area contributed by atoms with Crippen LogP contribution in [0.3, 0.4) is 0 Å². The maximum Gasteiger partial charge on any atom is 0.225 e. The zero-order valence-electron chi connectivity index (χ0n) is 13.8. The Balaban J connectivity index is 1.90. The molecule has 20 heavy (non-hydrogen) atoms. The molecule has 114 valence electrons. The number of carbonyl (C=O) groups is 1. The lowest BCUT2D eigenvalue weighted by molar-refractivity contribution is -0.135. The molecule has 1 amide bonds. The molecular weight excluding hydrogens is 250 g/mol. The molecule has 0 radical (unpaired) electrons. The second-order valence-corrected chi connectivity index (χ2v) is 8.17. The second-order valence-electron chi connectivity index (χ2n) is 8.17. The minimum Gasteiger partial charge on any atom is -0.368 e. The van der Waals surface area contributed by atoms with Gasteiger partial charge >= 0.3 is 0 Å². The molecule has 3 nitrogen and oxygen atoms in total. The van der Waals surface area contributed by atoms with Crippen LogP contribution in [-0.2, 0) is 9.53 Å². The van der Waals surface area contributed by atoms with Crippen molar-refractivity contribution >= 4 is 5.91 Å². The van der Waals surface area contributed by atoms with Gasteiger partial charge in [0.25, 0.3) is 0 Å². The summed E-state index contributed by atoms with van der Waals surface area (Å²) >= 11 is 0. The first kappa shape index (κ1) is 15.6. The Hall–Kier alpha value is -0.830. The Morgan fingerprint density at radius 1 is 1.45 bits per heavy atom. The van der Waals surface area contributed by atoms with Crippen molar-refractivity contribution in [2.75, 3.05) is 13.1 Å². The molecule has 0 aromatic heterocycles. The van der Waals surface area contributed by atoms with Crippen LogP contribution in [0.25, 0.3) is 0 Å². The highest BCUT2D eigenvalue weighted by Crippen LogP contribution is 2.71. The van der Waals surface area contributed by atoms with E-state index in [9.17, 15) is 4.79 Å². The van der Waals surface area contributed by atoms with Gasteiger partial charge in [-0.05, 0) is 37.5 Å². The van der Waals surface area contributed by atoms with Crippen LogP contribution in [0.15, 0.2) is 12.7 Å². The summed E-state index contributed by atoms with van der Waals surface area (Å²) in [7, 11) is 0. The lowest BCUT2D eigenvalue weighted by Gasteiger charge is -2.29. The summed E-state index contributed by atoms with van der Waals surface area (Å²) < 4.78 is 5.86. The van der Waals surface area contributed by atoms with Crippen LogP contribution in [0.1, 0.15) is 48.0 Å². The first-order valence-corrected chi connectivity index (χ1v) is 7.59.